The van der Waals surface area contributed by atoms with E-state index in [4.69, 9.17) is 4.74 Å². The van der Waals surface area contributed by atoms with Crippen LogP contribution in [0.2, 0.25) is 0 Å². The summed E-state index contributed by atoms with van der Waals surface area (Å²) in [5.41, 5.74) is 4.35. The molecule has 1 unspecified atom stereocenters. The van der Waals surface area contributed by atoms with Crippen LogP contribution in [0.4, 0.5) is 0 Å². The van der Waals surface area contributed by atoms with Crippen molar-refractivity contribution < 1.29 is 17.9 Å². The van der Waals surface area contributed by atoms with Crippen molar-refractivity contribution in [2.75, 3.05) is 0 Å². The second kappa shape index (κ2) is 12.3. The summed E-state index contributed by atoms with van der Waals surface area (Å²) < 4.78 is 34.3. The van der Waals surface area contributed by atoms with Crippen molar-refractivity contribution in [2.45, 2.75) is 46.0 Å². The molecule has 0 saturated heterocycles. The van der Waals surface area contributed by atoms with Crippen LogP contribution >= 0.6 is 23.5 Å². The summed E-state index contributed by atoms with van der Waals surface area (Å²) in [6, 6.07) is 31.2. The number of sulfonamides is 1. The Labute approximate surface area is 259 Å². The van der Waals surface area contributed by atoms with Gasteiger partial charge in [0.05, 0.1) is 26.4 Å². The van der Waals surface area contributed by atoms with E-state index in [1.165, 1.54) is 19.1 Å². The average molecular weight is 626 g/mol. The molecule has 0 fully saturated rings. The van der Waals surface area contributed by atoms with Crippen molar-refractivity contribution in [3.63, 3.8) is 0 Å². The molecule has 10 heteroatoms. The Kier molecular flexibility index (Phi) is 8.36. The van der Waals surface area contributed by atoms with Gasteiger partial charge in [-0.05, 0) is 85.3 Å². The smallest absolute Gasteiger partial charge is 0.241 e. The number of fused-ring (bicyclic) bond motifs is 2. The van der Waals surface area contributed by atoms with Gasteiger partial charge in [-0.3, -0.25) is 4.79 Å². The van der Waals surface area contributed by atoms with Crippen LogP contribution in [0.3, 0.4) is 0 Å². The van der Waals surface area contributed by atoms with Crippen LogP contribution < -0.4 is 9.46 Å². The molecule has 1 aliphatic heterocycles. The summed E-state index contributed by atoms with van der Waals surface area (Å²) >= 11 is 2.53. The lowest BCUT2D eigenvalue weighted by Crippen LogP contribution is -2.37. The lowest BCUT2D eigenvalue weighted by molar-refractivity contribution is -0.112. The van der Waals surface area contributed by atoms with Crippen molar-refractivity contribution in [1.82, 2.24) is 14.9 Å². The van der Waals surface area contributed by atoms with E-state index >= 15 is 0 Å². The fourth-order valence-electron chi connectivity index (χ4n) is 4.53. The highest BCUT2D eigenvalue weighted by atomic mass is 32.2. The van der Waals surface area contributed by atoms with Crippen molar-refractivity contribution in [1.29, 1.82) is 0 Å². The molecule has 0 saturated carbocycles. The molecular formula is C33H27N3O4S3. The minimum Gasteiger partial charge on any atom is -0.455 e. The minimum atomic E-state index is -3.87. The maximum atomic E-state index is 13.2. The Morgan fingerprint density at radius 2 is 1.60 bits per heavy atom. The van der Waals surface area contributed by atoms with Gasteiger partial charge in [-0.2, -0.15) is 4.72 Å². The molecule has 5 aromatic rings. The van der Waals surface area contributed by atoms with E-state index in [0.29, 0.717) is 17.1 Å². The largest absolute Gasteiger partial charge is 0.455 e. The Morgan fingerprint density at radius 3 is 2.40 bits per heavy atom. The highest BCUT2D eigenvalue weighted by Gasteiger charge is 2.25. The highest BCUT2D eigenvalue weighted by Crippen LogP contribution is 2.47. The number of benzene rings is 4. The van der Waals surface area contributed by atoms with E-state index in [0.717, 1.165) is 55.3 Å². The first-order chi connectivity index (χ1) is 20.7. The fourth-order valence-corrected chi connectivity index (χ4v) is 7.56. The topological polar surface area (TPSA) is 98.2 Å². The predicted molar refractivity (Wildman–Crippen MR) is 169 cm³/mol. The van der Waals surface area contributed by atoms with E-state index in [2.05, 4.69) is 14.9 Å². The van der Waals surface area contributed by atoms with E-state index in [-0.39, 0.29) is 10.0 Å². The van der Waals surface area contributed by atoms with Gasteiger partial charge in [0, 0.05) is 12.0 Å². The van der Waals surface area contributed by atoms with E-state index in [9.17, 15) is 13.2 Å². The molecule has 0 radical (unpaired) electrons. The van der Waals surface area contributed by atoms with Gasteiger partial charge in [-0.1, -0.05) is 71.9 Å². The van der Waals surface area contributed by atoms with Crippen molar-refractivity contribution >= 4 is 38.7 Å². The number of para-hydroxylation sites is 1. The first-order valence-corrected chi connectivity index (χ1v) is 16.7. The van der Waals surface area contributed by atoms with Crippen molar-refractivity contribution in [3.05, 3.63) is 120 Å². The number of aryl methyl sites for hydroxylation is 1. The Balaban J connectivity index is 1.26. The number of nitrogens with zero attached hydrogens (tertiary/aromatic N) is 2. The van der Waals surface area contributed by atoms with Gasteiger partial charge in [-0.15, -0.1) is 10.2 Å². The predicted octanol–water partition coefficient (Wildman–Crippen LogP) is 7.29. The van der Waals surface area contributed by atoms with Gasteiger partial charge in [0.2, 0.25) is 15.1 Å². The van der Waals surface area contributed by atoms with Crippen LogP contribution in [0.25, 0.3) is 11.3 Å². The summed E-state index contributed by atoms with van der Waals surface area (Å²) in [7, 11) is -3.87. The van der Waals surface area contributed by atoms with Gasteiger partial charge >= 0.3 is 0 Å². The van der Waals surface area contributed by atoms with Crippen molar-refractivity contribution in [2.24, 2.45) is 0 Å². The van der Waals surface area contributed by atoms with Crippen LogP contribution in [0, 0.1) is 6.92 Å². The van der Waals surface area contributed by atoms with E-state index < -0.39 is 16.1 Å². The maximum Gasteiger partial charge on any atom is 0.241 e. The first-order valence-electron chi connectivity index (χ1n) is 13.6. The number of carbonyl (C=O) groups is 1. The van der Waals surface area contributed by atoms with Gasteiger partial charge in [0.25, 0.3) is 0 Å². The molecule has 4 aromatic carbocycles. The number of nitrogens with one attached hydrogen (secondary N) is 1. The lowest BCUT2D eigenvalue weighted by atomic mass is 10.0. The summed E-state index contributed by atoms with van der Waals surface area (Å²) in [6.07, 6.45) is 0.526. The number of carbonyl (C=O) groups excluding carboxylic acids is 1. The van der Waals surface area contributed by atoms with Gasteiger partial charge < -0.3 is 4.74 Å². The summed E-state index contributed by atoms with van der Waals surface area (Å²) in [5, 5.41) is 8.99. The van der Waals surface area contributed by atoms with E-state index in [1.54, 1.807) is 23.9 Å². The van der Waals surface area contributed by atoms with Gasteiger partial charge in [-0.25, -0.2) is 8.42 Å². The number of thioether (sulfide) groups is 1. The average Bonchev–Trinajstić information content (AvgIpc) is 3.01. The van der Waals surface area contributed by atoms with Crippen LogP contribution in [-0.4, -0.2) is 29.8 Å². The van der Waals surface area contributed by atoms with Crippen molar-refractivity contribution in [3.8, 4) is 22.8 Å². The second-order valence-electron chi connectivity index (χ2n) is 10.1. The Morgan fingerprint density at radius 1 is 0.884 bits per heavy atom. The third kappa shape index (κ3) is 6.67. The monoisotopic (exact) mass is 625 g/mol. The molecule has 1 atom stereocenters. The third-order valence-electron chi connectivity index (χ3n) is 6.81. The maximum absolute atomic E-state index is 13.2. The molecule has 6 rings (SSSR count). The van der Waals surface area contributed by atoms with Gasteiger partial charge in [0.1, 0.15) is 16.5 Å². The summed E-state index contributed by atoms with van der Waals surface area (Å²) in [6.45, 7) is 3.41. The quantitative estimate of drug-likeness (QED) is 0.176. The number of hydrogen-bond donors (Lipinski definition) is 1. The van der Waals surface area contributed by atoms with Gasteiger partial charge in [0.15, 0.2) is 0 Å². The first kappa shape index (κ1) is 29.1. The fraction of sp³-hybridized carbons (Fsp3) is 0.121. The molecule has 1 N–H and O–H groups in total. The molecule has 43 heavy (non-hydrogen) atoms. The SMILES string of the molecule is Cc1ccc(S(=O)(=O)NC(C)C(=O)Sc2nnc(-c3ccc4c(c3)Sc3ccccc3O4)cc2Cc2ccccc2)cc1. The molecule has 216 valence electrons. The molecule has 0 amide bonds. The van der Waals surface area contributed by atoms with Crippen LogP contribution in [0.1, 0.15) is 23.6 Å². The zero-order chi connectivity index (χ0) is 30.0. The van der Waals surface area contributed by atoms with Crippen LogP contribution in [-0.2, 0) is 21.2 Å². The normalized spacial score (nSPS) is 13.0. The molecular weight excluding hydrogens is 599 g/mol. The summed E-state index contributed by atoms with van der Waals surface area (Å²) in [4.78, 5) is 15.4. The zero-order valence-corrected chi connectivity index (χ0v) is 25.8. The minimum absolute atomic E-state index is 0.105. The molecule has 1 aromatic heterocycles. The molecule has 1 aliphatic rings. The second-order valence-corrected chi connectivity index (χ2v) is 13.9. The molecule has 2 heterocycles. The number of aromatic nitrogens is 2. The molecule has 0 bridgehead atoms. The lowest BCUT2D eigenvalue weighted by Gasteiger charge is -2.20. The van der Waals surface area contributed by atoms with E-state index in [1.807, 2.05) is 85.8 Å². The Hall–Kier alpha value is -3.96. The zero-order valence-electron chi connectivity index (χ0n) is 23.4. The highest BCUT2D eigenvalue weighted by molar-refractivity contribution is 8.13. The molecule has 0 aliphatic carbocycles. The number of rotatable bonds is 8. The molecule has 7 nitrogen and oxygen atoms in total. The number of hydrogen-bond acceptors (Lipinski definition) is 8. The molecule has 0 spiro atoms. The summed E-state index contributed by atoms with van der Waals surface area (Å²) in [5.74, 6) is 1.61. The van der Waals surface area contributed by atoms with Crippen LogP contribution in [0.15, 0.2) is 123 Å². The third-order valence-corrected chi connectivity index (χ3v) is 10.6. The Bertz CT molecular complexity index is 1910. The van der Waals surface area contributed by atoms with Crippen LogP contribution in [0.5, 0.6) is 11.5 Å². The standard InChI is InChI=1S/C33H27N3O4S3/c1-21-12-15-26(16-13-21)43(38,39)36-22(2)33(37)42-32-25(18-23-8-4-3-5-9-23)19-27(34-35-32)24-14-17-29-31(20-24)41-30-11-7-6-10-28(30)40-29/h3-17,19-20,22,36H,18H2,1-2H3. The number of ether oxygens (including phenoxy) is 1.